The third-order valence-electron chi connectivity index (χ3n) is 3.96. The van der Waals surface area contributed by atoms with Crippen molar-refractivity contribution in [3.05, 3.63) is 59.7 Å². The molecule has 1 aliphatic rings. The first-order valence-electron chi connectivity index (χ1n) is 7.88. The molecule has 0 bridgehead atoms. The monoisotopic (exact) mass is 361 g/mol. The molecule has 25 heavy (non-hydrogen) atoms. The van der Waals surface area contributed by atoms with Crippen molar-refractivity contribution >= 4 is 16.2 Å². The second-order valence-electron chi connectivity index (χ2n) is 5.89. The fraction of sp³-hybridized carbons (Fsp3) is 0.278. The number of cyclic esters (lactones) is 1. The van der Waals surface area contributed by atoms with Gasteiger partial charge in [0.2, 0.25) is 0 Å². The van der Waals surface area contributed by atoms with Gasteiger partial charge in [0, 0.05) is 0 Å². The molecule has 132 valence electrons. The number of rotatable bonds is 6. The Labute approximate surface area is 146 Å². The molecule has 1 amide bonds. The summed E-state index contributed by atoms with van der Waals surface area (Å²) >= 11 is 0. The molecule has 1 atom stereocenters. The van der Waals surface area contributed by atoms with Gasteiger partial charge in [-0.1, -0.05) is 48.5 Å². The number of carbonyl (C=O) groups is 1. The third-order valence-corrected chi connectivity index (χ3v) is 4.56. The van der Waals surface area contributed by atoms with Crippen LogP contribution in [0.1, 0.15) is 17.2 Å². The van der Waals surface area contributed by atoms with E-state index in [9.17, 15) is 13.2 Å². The maximum atomic E-state index is 11.1. The van der Waals surface area contributed by atoms with Crippen molar-refractivity contribution in [3.63, 3.8) is 0 Å². The summed E-state index contributed by atoms with van der Waals surface area (Å²) in [5.74, 6) is 0. The van der Waals surface area contributed by atoms with E-state index >= 15 is 0 Å². The predicted molar refractivity (Wildman–Crippen MR) is 93.6 cm³/mol. The number of hydrogen-bond acceptors (Lipinski definition) is 5. The van der Waals surface area contributed by atoms with Crippen molar-refractivity contribution in [1.82, 2.24) is 5.32 Å². The Balaban J connectivity index is 1.63. The van der Waals surface area contributed by atoms with Crippen molar-refractivity contribution in [2.45, 2.75) is 12.5 Å². The van der Waals surface area contributed by atoms with Crippen LogP contribution in [0.25, 0.3) is 11.1 Å². The zero-order chi connectivity index (χ0) is 17.9. The van der Waals surface area contributed by atoms with Crippen molar-refractivity contribution in [1.29, 1.82) is 0 Å². The zero-order valence-electron chi connectivity index (χ0n) is 13.8. The van der Waals surface area contributed by atoms with Crippen molar-refractivity contribution in [2.75, 3.05) is 19.5 Å². The fourth-order valence-corrected chi connectivity index (χ4v) is 3.03. The molecule has 0 aromatic heterocycles. The Morgan fingerprint density at radius 2 is 1.68 bits per heavy atom. The van der Waals surface area contributed by atoms with Gasteiger partial charge in [-0.25, -0.2) is 4.79 Å². The largest absolute Gasteiger partial charge is 0.447 e. The molecular formula is C18H19NO5S. The first-order chi connectivity index (χ1) is 11.9. The van der Waals surface area contributed by atoms with E-state index in [0.29, 0.717) is 13.0 Å². The van der Waals surface area contributed by atoms with Crippen LogP contribution in [0.4, 0.5) is 4.79 Å². The van der Waals surface area contributed by atoms with Gasteiger partial charge in [-0.15, -0.1) is 0 Å². The Bertz CT molecular complexity index is 844. The van der Waals surface area contributed by atoms with E-state index in [-0.39, 0.29) is 18.7 Å². The molecule has 0 radical (unpaired) electrons. The smallest absolute Gasteiger partial charge is 0.407 e. The molecule has 1 heterocycles. The average Bonchev–Trinajstić information content (AvgIpc) is 3.01. The lowest BCUT2D eigenvalue weighted by molar-refractivity contribution is 0.177. The van der Waals surface area contributed by atoms with Gasteiger partial charge in [-0.05, 0) is 28.7 Å². The molecule has 0 spiro atoms. The summed E-state index contributed by atoms with van der Waals surface area (Å²) in [6, 6.07) is 15.8. The predicted octanol–water partition coefficient (Wildman–Crippen LogP) is 2.65. The molecule has 0 saturated carbocycles. The zero-order valence-corrected chi connectivity index (χ0v) is 14.6. The molecule has 0 aliphatic carbocycles. The van der Waals surface area contributed by atoms with Crippen LogP contribution < -0.4 is 5.32 Å². The quantitative estimate of drug-likeness (QED) is 0.800. The highest BCUT2D eigenvalue weighted by Gasteiger charge is 2.23. The van der Waals surface area contributed by atoms with Crippen molar-refractivity contribution in [2.24, 2.45) is 0 Å². The number of ether oxygens (including phenoxy) is 1. The second kappa shape index (κ2) is 7.25. The maximum absolute atomic E-state index is 11.1. The van der Waals surface area contributed by atoms with Gasteiger partial charge in [-0.2, -0.15) is 8.42 Å². The number of benzene rings is 2. The molecule has 2 aromatic carbocycles. The summed E-state index contributed by atoms with van der Waals surface area (Å²) in [6.07, 6.45) is 1.20. The molecule has 2 aromatic rings. The van der Waals surface area contributed by atoms with E-state index in [1.165, 1.54) is 0 Å². The van der Waals surface area contributed by atoms with Gasteiger partial charge in [0.15, 0.2) is 0 Å². The second-order valence-corrected chi connectivity index (χ2v) is 7.53. The molecule has 1 fully saturated rings. The van der Waals surface area contributed by atoms with E-state index in [1.807, 2.05) is 48.5 Å². The van der Waals surface area contributed by atoms with Gasteiger partial charge in [0.1, 0.15) is 6.61 Å². The number of carbonyl (C=O) groups excluding carboxylic acids is 1. The van der Waals surface area contributed by atoms with Crippen LogP contribution in [0.3, 0.4) is 0 Å². The standard InChI is InChI=1S/C18H19NO5S/c1-25(21,22)24-11-10-13-2-4-14(5-3-13)15-6-8-16(9-7-15)17-12-23-18(20)19-17/h2-9,17H,10-12H2,1H3,(H,19,20)/t17-/m0/s1. The van der Waals surface area contributed by atoms with Gasteiger partial charge in [0.25, 0.3) is 10.1 Å². The highest BCUT2D eigenvalue weighted by atomic mass is 32.2. The van der Waals surface area contributed by atoms with Crippen molar-refractivity contribution in [3.8, 4) is 11.1 Å². The summed E-state index contributed by atoms with van der Waals surface area (Å²) in [7, 11) is -3.40. The first kappa shape index (κ1) is 17.4. The van der Waals surface area contributed by atoms with Crippen LogP contribution in [0.5, 0.6) is 0 Å². The Morgan fingerprint density at radius 1 is 1.08 bits per heavy atom. The lowest BCUT2D eigenvalue weighted by Crippen LogP contribution is -2.18. The number of alkyl carbamates (subject to hydrolysis) is 1. The normalized spacial score (nSPS) is 17.2. The summed E-state index contributed by atoms with van der Waals surface area (Å²) in [6.45, 7) is 0.491. The van der Waals surface area contributed by atoms with Crippen LogP contribution in [0.2, 0.25) is 0 Å². The number of amides is 1. The van der Waals surface area contributed by atoms with Crippen molar-refractivity contribution < 1.29 is 22.1 Å². The topological polar surface area (TPSA) is 81.7 Å². The van der Waals surface area contributed by atoms with Gasteiger partial charge < -0.3 is 10.1 Å². The lowest BCUT2D eigenvalue weighted by Gasteiger charge is -2.09. The number of nitrogens with one attached hydrogen (secondary N) is 1. The molecule has 1 N–H and O–H groups in total. The number of hydrogen-bond donors (Lipinski definition) is 1. The van der Waals surface area contributed by atoms with Crippen LogP contribution >= 0.6 is 0 Å². The third kappa shape index (κ3) is 4.80. The van der Waals surface area contributed by atoms with E-state index < -0.39 is 10.1 Å². The summed E-state index contributed by atoms with van der Waals surface area (Å²) in [5.41, 5.74) is 4.14. The first-order valence-corrected chi connectivity index (χ1v) is 9.69. The molecule has 0 unspecified atom stereocenters. The van der Waals surface area contributed by atoms with Crippen LogP contribution in [-0.4, -0.2) is 34.0 Å². The minimum Gasteiger partial charge on any atom is -0.447 e. The summed E-state index contributed by atoms with van der Waals surface area (Å²) < 4.78 is 31.5. The molecular weight excluding hydrogens is 342 g/mol. The van der Waals surface area contributed by atoms with E-state index in [4.69, 9.17) is 8.92 Å². The minimum absolute atomic E-state index is 0.0984. The molecule has 3 rings (SSSR count). The lowest BCUT2D eigenvalue weighted by atomic mass is 10.00. The van der Waals surface area contributed by atoms with E-state index in [1.54, 1.807) is 0 Å². The average molecular weight is 361 g/mol. The SMILES string of the molecule is CS(=O)(=O)OCCc1ccc(-c2ccc([C@@H]3COC(=O)N3)cc2)cc1. The summed E-state index contributed by atoms with van der Waals surface area (Å²) in [4.78, 5) is 11.1. The fourth-order valence-electron chi connectivity index (χ4n) is 2.65. The van der Waals surface area contributed by atoms with Crippen LogP contribution in [0.15, 0.2) is 48.5 Å². The Morgan fingerprint density at radius 3 is 2.20 bits per heavy atom. The Hall–Kier alpha value is -2.38. The molecule has 7 heteroatoms. The summed E-state index contributed by atoms with van der Waals surface area (Å²) in [5, 5.41) is 2.75. The van der Waals surface area contributed by atoms with E-state index in [0.717, 1.165) is 28.5 Å². The highest BCUT2D eigenvalue weighted by molar-refractivity contribution is 7.85. The van der Waals surface area contributed by atoms with E-state index in [2.05, 4.69) is 5.32 Å². The molecule has 1 aliphatic heterocycles. The Kier molecular flexibility index (Phi) is 5.06. The van der Waals surface area contributed by atoms with Gasteiger partial charge in [-0.3, -0.25) is 4.18 Å². The van der Waals surface area contributed by atoms with Crippen LogP contribution in [0, 0.1) is 0 Å². The molecule has 6 nitrogen and oxygen atoms in total. The van der Waals surface area contributed by atoms with Gasteiger partial charge in [0.05, 0.1) is 18.9 Å². The highest BCUT2D eigenvalue weighted by Crippen LogP contribution is 2.24. The minimum atomic E-state index is -3.40. The van der Waals surface area contributed by atoms with Crippen LogP contribution in [-0.2, 0) is 25.5 Å². The maximum Gasteiger partial charge on any atom is 0.407 e. The van der Waals surface area contributed by atoms with Gasteiger partial charge >= 0.3 is 6.09 Å². The molecule has 1 saturated heterocycles.